The predicted octanol–water partition coefficient (Wildman–Crippen LogP) is 4.91. The van der Waals surface area contributed by atoms with E-state index in [0.717, 1.165) is 33.6 Å². The molecule has 1 N–H and O–H groups in total. The molecule has 3 atom stereocenters. The molecule has 5 nitrogen and oxygen atoms in total. The van der Waals surface area contributed by atoms with E-state index in [0.29, 0.717) is 18.8 Å². The molecule has 0 fully saturated rings. The molecule has 0 aromatic heterocycles. The zero-order chi connectivity index (χ0) is 23.8. The Morgan fingerprint density at radius 2 is 1.65 bits per heavy atom. The summed E-state index contributed by atoms with van der Waals surface area (Å²) >= 11 is 1.51. The topological polar surface area (TPSA) is 65.0 Å². The third-order valence-corrected chi connectivity index (χ3v) is 7.04. The van der Waals surface area contributed by atoms with Crippen molar-refractivity contribution >= 4 is 24.1 Å². The second-order valence-electron chi connectivity index (χ2n) is 8.03. The number of methoxy groups -OCH3 is 1. The van der Waals surface area contributed by atoms with E-state index in [4.69, 9.17) is 14.2 Å². The van der Waals surface area contributed by atoms with Gasteiger partial charge in [-0.2, -0.15) is 0 Å². The molecular weight excluding hydrogens is 448 g/mol. The van der Waals surface area contributed by atoms with Gasteiger partial charge in [0, 0.05) is 10.5 Å². The Morgan fingerprint density at radius 3 is 2.29 bits per heavy atom. The normalized spacial score (nSPS) is 16.8. The number of aliphatic hydroxyl groups is 1. The van der Waals surface area contributed by atoms with Crippen LogP contribution in [0.3, 0.4) is 0 Å². The maximum atomic E-state index is 12.1. The van der Waals surface area contributed by atoms with Crippen LogP contribution in [-0.4, -0.2) is 42.6 Å². The standard InChI is InChI=1S/C28H28O5S/c1-31-24-12-13-26-22(15-24)14-23(16-29)28(34-26)27(33-18-21-10-6-3-7-11-21)25(30)19-32-17-20-8-4-2-5-9-20/h2-16,25,27-28,30H,17-19H2,1H3. The first kappa shape index (κ1) is 24.2. The fraction of sp³-hybridized carbons (Fsp3) is 0.250. The van der Waals surface area contributed by atoms with Crippen molar-refractivity contribution in [2.45, 2.75) is 35.6 Å². The minimum Gasteiger partial charge on any atom is -0.497 e. The molecule has 3 aromatic carbocycles. The average Bonchev–Trinajstić information content (AvgIpc) is 2.89. The van der Waals surface area contributed by atoms with E-state index in [-0.39, 0.29) is 11.9 Å². The van der Waals surface area contributed by atoms with Gasteiger partial charge >= 0.3 is 0 Å². The second-order valence-corrected chi connectivity index (χ2v) is 9.22. The Kier molecular flexibility index (Phi) is 8.55. The first-order chi connectivity index (χ1) is 16.7. The molecule has 34 heavy (non-hydrogen) atoms. The predicted molar refractivity (Wildman–Crippen MR) is 134 cm³/mol. The van der Waals surface area contributed by atoms with Crippen LogP contribution < -0.4 is 4.74 Å². The Balaban J connectivity index is 1.53. The van der Waals surface area contributed by atoms with E-state index in [1.54, 1.807) is 7.11 Å². The van der Waals surface area contributed by atoms with E-state index >= 15 is 0 Å². The summed E-state index contributed by atoms with van der Waals surface area (Å²) in [5.41, 5.74) is 3.50. The lowest BCUT2D eigenvalue weighted by Crippen LogP contribution is -2.42. The Labute approximate surface area is 204 Å². The number of rotatable bonds is 11. The third kappa shape index (κ3) is 6.15. The van der Waals surface area contributed by atoms with Crippen molar-refractivity contribution in [1.29, 1.82) is 0 Å². The summed E-state index contributed by atoms with van der Waals surface area (Å²) in [6.07, 6.45) is 1.12. The van der Waals surface area contributed by atoms with Gasteiger partial charge in [-0.15, -0.1) is 11.8 Å². The van der Waals surface area contributed by atoms with Crippen LogP contribution in [0.2, 0.25) is 0 Å². The van der Waals surface area contributed by atoms with Crippen LogP contribution >= 0.6 is 11.8 Å². The Hall–Kier alpha value is -2.90. The molecule has 0 bridgehead atoms. The molecule has 176 valence electrons. The first-order valence-electron chi connectivity index (χ1n) is 11.1. The summed E-state index contributed by atoms with van der Waals surface area (Å²) in [6, 6.07) is 25.4. The number of aliphatic hydroxyl groups excluding tert-OH is 1. The Morgan fingerprint density at radius 1 is 0.971 bits per heavy atom. The van der Waals surface area contributed by atoms with Gasteiger partial charge in [-0.1, -0.05) is 60.7 Å². The number of carbonyl (C=O) groups is 1. The van der Waals surface area contributed by atoms with Gasteiger partial charge in [-0.05, 0) is 41.0 Å². The molecule has 1 heterocycles. The highest BCUT2D eigenvalue weighted by Gasteiger charge is 2.35. The van der Waals surface area contributed by atoms with Crippen LogP contribution in [0, 0.1) is 0 Å². The highest BCUT2D eigenvalue weighted by molar-refractivity contribution is 8.00. The summed E-state index contributed by atoms with van der Waals surface area (Å²) in [5, 5.41) is 10.8. The molecule has 0 saturated carbocycles. The molecule has 1 aliphatic heterocycles. The van der Waals surface area contributed by atoms with Gasteiger partial charge < -0.3 is 19.3 Å². The molecule has 1 aliphatic rings. The van der Waals surface area contributed by atoms with Crippen LogP contribution in [0.15, 0.2) is 89.3 Å². The number of fused-ring (bicyclic) bond motifs is 1. The maximum Gasteiger partial charge on any atom is 0.147 e. The zero-order valence-corrected chi connectivity index (χ0v) is 19.8. The van der Waals surface area contributed by atoms with E-state index in [1.807, 2.05) is 84.9 Å². The highest BCUT2D eigenvalue weighted by Crippen LogP contribution is 2.41. The summed E-state index contributed by atoms with van der Waals surface area (Å²) in [5.74, 6) is 0.727. The second kappa shape index (κ2) is 12.0. The van der Waals surface area contributed by atoms with Crippen molar-refractivity contribution in [3.8, 4) is 5.75 Å². The van der Waals surface area contributed by atoms with E-state index < -0.39 is 12.2 Å². The fourth-order valence-corrected chi connectivity index (χ4v) is 5.16. The van der Waals surface area contributed by atoms with Crippen molar-refractivity contribution in [2.24, 2.45) is 0 Å². The number of aldehydes is 1. The van der Waals surface area contributed by atoms with Crippen molar-refractivity contribution in [3.63, 3.8) is 0 Å². The van der Waals surface area contributed by atoms with Crippen LogP contribution in [0.5, 0.6) is 5.75 Å². The summed E-state index contributed by atoms with van der Waals surface area (Å²) in [7, 11) is 1.62. The fourth-order valence-electron chi connectivity index (χ4n) is 3.83. The van der Waals surface area contributed by atoms with Crippen molar-refractivity contribution < 1.29 is 24.1 Å². The number of hydrogen-bond acceptors (Lipinski definition) is 6. The smallest absolute Gasteiger partial charge is 0.147 e. The van der Waals surface area contributed by atoms with Gasteiger partial charge in [0.25, 0.3) is 0 Å². The molecule has 0 saturated heterocycles. The highest BCUT2D eigenvalue weighted by atomic mass is 32.2. The summed E-state index contributed by atoms with van der Waals surface area (Å²) in [6.45, 7) is 0.799. The van der Waals surface area contributed by atoms with Crippen molar-refractivity contribution in [1.82, 2.24) is 0 Å². The molecule has 0 radical (unpaired) electrons. The van der Waals surface area contributed by atoms with Crippen LogP contribution in [0.4, 0.5) is 0 Å². The summed E-state index contributed by atoms with van der Waals surface area (Å²) < 4.78 is 17.4. The lowest BCUT2D eigenvalue weighted by molar-refractivity contribution is -0.106. The molecule has 0 amide bonds. The van der Waals surface area contributed by atoms with Gasteiger partial charge in [0.2, 0.25) is 0 Å². The largest absolute Gasteiger partial charge is 0.497 e. The van der Waals surface area contributed by atoms with Crippen LogP contribution in [-0.2, 0) is 27.5 Å². The van der Waals surface area contributed by atoms with Gasteiger partial charge in [0.15, 0.2) is 0 Å². The minimum atomic E-state index is -0.923. The molecule has 6 heteroatoms. The van der Waals surface area contributed by atoms with E-state index in [9.17, 15) is 9.90 Å². The average molecular weight is 477 g/mol. The molecule has 0 aliphatic carbocycles. The van der Waals surface area contributed by atoms with E-state index in [2.05, 4.69) is 0 Å². The summed E-state index contributed by atoms with van der Waals surface area (Å²) in [4.78, 5) is 13.1. The lowest BCUT2D eigenvalue weighted by atomic mass is 10.0. The van der Waals surface area contributed by atoms with Gasteiger partial charge in [-0.25, -0.2) is 0 Å². The zero-order valence-electron chi connectivity index (χ0n) is 19.0. The van der Waals surface area contributed by atoms with Gasteiger partial charge in [0.1, 0.15) is 24.2 Å². The first-order valence-corrected chi connectivity index (χ1v) is 12.0. The molecular formula is C28H28O5S. The van der Waals surface area contributed by atoms with Gasteiger partial charge in [-0.3, -0.25) is 4.79 Å². The van der Waals surface area contributed by atoms with Gasteiger partial charge in [0.05, 0.1) is 32.2 Å². The molecule has 4 rings (SSSR count). The third-order valence-electron chi connectivity index (χ3n) is 5.62. The lowest BCUT2D eigenvalue weighted by Gasteiger charge is -2.33. The number of ether oxygens (including phenoxy) is 3. The molecule has 3 unspecified atom stereocenters. The van der Waals surface area contributed by atoms with E-state index in [1.165, 1.54) is 11.8 Å². The van der Waals surface area contributed by atoms with Crippen LogP contribution in [0.25, 0.3) is 6.08 Å². The molecule has 0 spiro atoms. The number of benzene rings is 3. The van der Waals surface area contributed by atoms with Crippen LogP contribution in [0.1, 0.15) is 16.7 Å². The maximum absolute atomic E-state index is 12.1. The quantitative estimate of drug-likeness (QED) is 0.397. The number of hydrogen-bond donors (Lipinski definition) is 1. The molecule has 3 aromatic rings. The van der Waals surface area contributed by atoms with Crippen molar-refractivity contribution in [2.75, 3.05) is 13.7 Å². The minimum absolute atomic E-state index is 0.0903. The SMILES string of the molecule is COc1ccc2c(c1)C=C(C=O)C(C(OCc1ccccc1)C(O)COCc1ccccc1)S2. The Bertz CT molecular complexity index is 1100. The number of carbonyl (C=O) groups excluding carboxylic acids is 1. The monoisotopic (exact) mass is 476 g/mol. The van der Waals surface area contributed by atoms with Crippen molar-refractivity contribution in [3.05, 3.63) is 101 Å². The number of thioether (sulfide) groups is 1.